The van der Waals surface area contributed by atoms with Gasteiger partial charge in [0, 0.05) is 30.1 Å². The van der Waals surface area contributed by atoms with Crippen molar-refractivity contribution in [1.82, 2.24) is 10.2 Å². The number of benzene rings is 2. The smallest absolute Gasteiger partial charge is 0.243 e. The van der Waals surface area contributed by atoms with Crippen LogP contribution in [0.25, 0.3) is 0 Å². The van der Waals surface area contributed by atoms with Crippen LogP contribution < -0.4 is 14.4 Å². The van der Waals surface area contributed by atoms with Gasteiger partial charge in [-0.3, -0.25) is 13.9 Å². The van der Waals surface area contributed by atoms with E-state index in [1.54, 1.807) is 41.3 Å². The molecule has 0 aliphatic heterocycles. The number of carbonyl (C=O) groups excluding carboxylic acids is 2. The fraction of sp³-hybridized carbons (Fsp3) is 0.481. The van der Waals surface area contributed by atoms with Gasteiger partial charge in [-0.1, -0.05) is 42.8 Å². The summed E-state index contributed by atoms with van der Waals surface area (Å²) in [5, 5.41) is 3.55. The average Bonchev–Trinajstić information content (AvgIpc) is 2.81. The first kappa shape index (κ1) is 30.4. The van der Waals surface area contributed by atoms with E-state index in [9.17, 15) is 18.0 Å². The van der Waals surface area contributed by atoms with Crippen LogP contribution in [0, 0.1) is 0 Å². The Morgan fingerprint density at radius 3 is 2.24 bits per heavy atom. The summed E-state index contributed by atoms with van der Waals surface area (Å²) in [5.41, 5.74) is 0.796. The van der Waals surface area contributed by atoms with Crippen LogP contribution in [0.15, 0.2) is 48.5 Å². The van der Waals surface area contributed by atoms with Crippen LogP contribution in [-0.2, 0) is 26.2 Å². The minimum atomic E-state index is -3.62. The van der Waals surface area contributed by atoms with Gasteiger partial charge in [-0.15, -0.1) is 0 Å². The predicted octanol–water partition coefficient (Wildman–Crippen LogP) is 4.62. The molecule has 204 valence electrons. The maximum atomic E-state index is 13.5. The Kier molecular flexibility index (Phi) is 10.8. The Labute approximate surface area is 226 Å². The first-order valence-electron chi connectivity index (χ1n) is 12.2. The molecule has 0 fully saturated rings. The monoisotopic (exact) mass is 551 g/mol. The van der Waals surface area contributed by atoms with Crippen LogP contribution in [0.4, 0.5) is 5.69 Å². The van der Waals surface area contributed by atoms with E-state index in [0.29, 0.717) is 22.9 Å². The molecule has 2 aromatic carbocycles. The van der Waals surface area contributed by atoms with E-state index < -0.39 is 21.6 Å². The third-order valence-corrected chi connectivity index (χ3v) is 7.09. The summed E-state index contributed by atoms with van der Waals surface area (Å²) in [5.74, 6) is -0.0445. The Hall–Kier alpha value is -2.78. The van der Waals surface area contributed by atoms with Gasteiger partial charge < -0.3 is 15.0 Å². The lowest BCUT2D eigenvalue weighted by Gasteiger charge is -2.33. The summed E-state index contributed by atoms with van der Waals surface area (Å²) in [7, 11) is -2.15. The van der Waals surface area contributed by atoms with E-state index in [2.05, 4.69) is 5.32 Å². The largest absolute Gasteiger partial charge is 0.495 e. The number of hydrogen-bond donors (Lipinski definition) is 1. The Morgan fingerprint density at radius 1 is 1.08 bits per heavy atom. The highest BCUT2D eigenvalue weighted by atomic mass is 35.5. The minimum Gasteiger partial charge on any atom is -0.495 e. The summed E-state index contributed by atoms with van der Waals surface area (Å²) >= 11 is 6.02. The number of ether oxygens (including phenoxy) is 1. The second-order valence-corrected chi connectivity index (χ2v) is 12.3. The standard InChI is InChI=1S/C27H38ClN3O5S/c1-7-22(26(33)29-27(2,3)4)30(19-20-14-16-21(28)17-15-20)25(32)13-10-18-31(37(6,34)35)23-11-8-9-12-24(23)36-5/h8-9,11-12,14-17,22H,7,10,13,18-19H2,1-6H3,(H,29,33)/t22-/m1/s1. The van der Waals surface area contributed by atoms with Gasteiger partial charge in [-0.2, -0.15) is 0 Å². The van der Waals surface area contributed by atoms with E-state index in [4.69, 9.17) is 16.3 Å². The zero-order chi connectivity index (χ0) is 27.8. The highest BCUT2D eigenvalue weighted by Crippen LogP contribution is 2.30. The zero-order valence-electron chi connectivity index (χ0n) is 22.5. The van der Waals surface area contributed by atoms with Crippen LogP contribution in [0.3, 0.4) is 0 Å². The lowest BCUT2D eigenvalue weighted by molar-refractivity contribution is -0.142. The van der Waals surface area contributed by atoms with Gasteiger partial charge >= 0.3 is 0 Å². The van der Waals surface area contributed by atoms with Crippen molar-refractivity contribution in [2.45, 2.75) is 65.1 Å². The van der Waals surface area contributed by atoms with Crippen LogP contribution >= 0.6 is 11.6 Å². The van der Waals surface area contributed by atoms with Gasteiger partial charge in [0.05, 0.1) is 19.1 Å². The second kappa shape index (κ2) is 13.1. The summed E-state index contributed by atoms with van der Waals surface area (Å²) in [6.07, 6.45) is 1.88. The molecule has 1 atom stereocenters. The van der Waals surface area contributed by atoms with Gasteiger partial charge in [-0.05, 0) is 63.4 Å². The van der Waals surface area contributed by atoms with Gasteiger partial charge in [-0.25, -0.2) is 8.42 Å². The van der Waals surface area contributed by atoms with Gasteiger partial charge in [0.1, 0.15) is 11.8 Å². The molecule has 0 aliphatic carbocycles. The molecule has 0 heterocycles. The number of halogens is 1. The number of anilines is 1. The normalized spacial score (nSPS) is 12.5. The van der Waals surface area contributed by atoms with Crippen molar-refractivity contribution in [3.8, 4) is 5.75 Å². The number of rotatable bonds is 12. The highest BCUT2D eigenvalue weighted by Gasteiger charge is 2.31. The lowest BCUT2D eigenvalue weighted by atomic mass is 10.0. The molecule has 0 aromatic heterocycles. The van der Waals surface area contributed by atoms with Crippen LogP contribution in [0.2, 0.25) is 5.02 Å². The molecule has 0 spiro atoms. The van der Waals surface area contributed by atoms with Crippen molar-refractivity contribution < 1.29 is 22.7 Å². The van der Waals surface area contributed by atoms with E-state index >= 15 is 0 Å². The lowest BCUT2D eigenvalue weighted by Crippen LogP contribution is -2.53. The van der Waals surface area contributed by atoms with E-state index in [1.807, 2.05) is 39.8 Å². The van der Waals surface area contributed by atoms with Crippen molar-refractivity contribution >= 4 is 39.1 Å². The second-order valence-electron chi connectivity index (χ2n) is 9.92. The average molecular weight is 552 g/mol. The number of para-hydroxylation sites is 2. The van der Waals surface area contributed by atoms with E-state index in [1.165, 1.54) is 11.4 Å². The van der Waals surface area contributed by atoms with Crippen LogP contribution in [-0.4, -0.2) is 56.6 Å². The Bertz CT molecular complexity index is 1160. The quantitative estimate of drug-likeness (QED) is 0.415. The molecule has 0 saturated carbocycles. The van der Waals surface area contributed by atoms with Crippen molar-refractivity contribution in [3.05, 3.63) is 59.1 Å². The molecule has 0 radical (unpaired) electrons. The van der Waals surface area contributed by atoms with Gasteiger partial charge in [0.25, 0.3) is 0 Å². The summed E-state index contributed by atoms with van der Waals surface area (Å²) in [4.78, 5) is 28.2. The number of amides is 2. The summed E-state index contributed by atoms with van der Waals surface area (Å²) < 4.78 is 31.7. The minimum absolute atomic E-state index is 0.0635. The third-order valence-electron chi connectivity index (χ3n) is 5.66. The SMILES string of the molecule is CC[C@H](C(=O)NC(C)(C)C)N(Cc1ccc(Cl)cc1)C(=O)CCCN(c1ccccc1OC)S(C)(=O)=O. The third kappa shape index (κ3) is 9.23. The molecule has 2 aromatic rings. The zero-order valence-corrected chi connectivity index (χ0v) is 24.0. The van der Waals surface area contributed by atoms with E-state index in [-0.39, 0.29) is 37.7 Å². The molecular formula is C27H38ClN3O5S. The van der Waals surface area contributed by atoms with Crippen molar-refractivity contribution in [2.24, 2.45) is 0 Å². The molecule has 0 unspecified atom stereocenters. The molecule has 1 N–H and O–H groups in total. The molecule has 0 aliphatic rings. The first-order chi connectivity index (χ1) is 17.3. The number of methoxy groups -OCH3 is 1. The van der Waals surface area contributed by atoms with Crippen LogP contribution in [0.5, 0.6) is 5.75 Å². The summed E-state index contributed by atoms with van der Waals surface area (Å²) in [6.45, 7) is 7.85. The molecule has 2 amide bonds. The maximum absolute atomic E-state index is 13.5. The summed E-state index contributed by atoms with van der Waals surface area (Å²) in [6, 6.07) is 13.3. The number of hydrogen-bond acceptors (Lipinski definition) is 5. The Balaban J connectivity index is 2.26. The van der Waals surface area contributed by atoms with Crippen LogP contribution in [0.1, 0.15) is 52.5 Å². The Morgan fingerprint density at radius 2 is 1.70 bits per heavy atom. The van der Waals surface area contributed by atoms with Gasteiger partial charge in [0.15, 0.2) is 0 Å². The fourth-order valence-electron chi connectivity index (χ4n) is 3.98. The number of sulfonamides is 1. The van der Waals surface area contributed by atoms with E-state index in [0.717, 1.165) is 11.8 Å². The molecular weight excluding hydrogens is 514 g/mol. The van der Waals surface area contributed by atoms with Crippen molar-refractivity contribution in [2.75, 3.05) is 24.2 Å². The molecule has 10 heteroatoms. The maximum Gasteiger partial charge on any atom is 0.243 e. The first-order valence-corrected chi connectivity index (χ1v) is 14.5. The topological polar surface area (TPSA) is 96.0 Å². The highest BCUT2D eigenvalue weighted by molar-refractivity contribution is 7.92. The number of nitrogens with one attached hydrogen (secondary N) is 1. The number of nitrogens with zero attached hydrogens (tertiary/aromatic N) is 2. The predicted molar refractivity (Wildman–Crippen MR) is 148 cm³/mol. The molecule has 2 rings (SSSR count). The number of carbonyl (C=O) groups is 2. The molecule has 0 bridgehead atoms. The van der Waals surface area contributed by atoms with Gasteiger partial charge in [0.2, 0.25) is 21.8 Å². The molecule has 8 nitrogen and oxygen atoms in total. The van der Waals surface area contributed by atoms with Crippen molar-refractivity contribution in [1.29, 1.82) is 0 Å². The fourth-order valence-corrected chi connectivity index (χ4v) is 5.07. The molecule has 37 heavy (non-hydrogen) atoms. The van der Waals surface area contributed by atoms with Crippen molar-refractivity contribution in [3.63, 3.8) is 0 Å². The molecule has 0 saturated heterocycles.